The number of benzene rings is 1. The first kappa shape index (κ1) is 22.0. The van der Waals surface area contributed by atoms with Crippen molar-refractivity contribution in [2.75, 3.05) is 26.3 Å². The van der Waals surface area contributed by atoms with Gasteiger partial charge >= 0.3 is 0 Å². The van der Waals surface area contributed by atoms with Crippen molar-refractivity contribution in [2.45, 2.75) is 76.1 Å². The third-order valence-corrected chi connectivity index (χ3v) is 8.71. The highest BCUT2D eigenvalue weighted by Crippen LogP contribution is 2.41. The van der Waals surface area contributed by atoms with E-state index >= 15 is 0 Å². The van der Waals surface area contributed by atoms with E-state index in [9.17, 15) is 14.4 Å². The largest absolute Gasteiger partial charge is 0.489 e. The highest BCUT2D eigenvalue weighted by molar-refractivity contribution is 6.05. The lowest BCUT2D eigenvalue weighted by molar-refractivity contribution is -0.136. The van der Waals surface area contributed by atoms with Gasteiger partial charge in [-0.3, -0.25) is 24.6 Å². The summed E-state index contributed by atoms with van der Waals surface area (Å²) in [5.41, 5.74) is 1.93. The van der Waals surface area contributed by atoms with Crippen LogP contribution in [0.4, 0.5) is 0 Å². The molecule has 182 valence electrons. The number of nitrogens with one attached hydrogen (secondary N) is 1. The predicted molar refractivity (Wildman–Crippen MR) is 123 cm³/mol. The predicted octanol–water partition coefficient (Wildman–Crippen LogP) is 2.25. The Labute approximate surface area is 199 Å². The number of amides is 3. The van der Waals surface area contributed by atoms with Gasteiger partial charge in [-0.1, -0.05) is 0 Å². The van der Waals surface area contributed by atoms with Gasteiger partial charge in [-0.05, 0) is 87.2 Å². The van der Waals surface area contributed by atoms with Crippen molar-refractivity contribution in [1.29, 1.82) is 0 Å². The number of carbonyl (C=O) groups excluding carboxylic acids is 3. The SMILES string of the molecule is O=C1CCC(N2Cc3cc(O[C@H]4CCC[C@@H]4N4CCC5(CCOC5)CC4)ccc3C2=O)C(=O)N1. The molecule has 5 aliphatic rings. The molecule has 1 spiro atoms. The molecule has 4 fully saturated rings. The van der Waals surface area contributed by atoms with E-state index in [1.807, 2.05) is 18.2 Å². The number of likely N-dealkylation sites (tertiary alicyclic amines) is 1. The molecule has 6 rings (SSSR count). The average Bonchev–Trinajstić information content (AvgIpc) is 3.55. The summed E-state index contributed by atoms with van der Waals surface area (Å²) in [5, 5.41) is 2.36. The maximum atomic E-state index is 12.9. The quantitative estimate of drug-likeness (QED) is 0.684. The van der Waals surface area contributed by atoms with E-state index in [1.165, 1.54) is 32.1 Å². The van der Waals surface area contributed by atoms with Crippen LogP contribution in [0.3, 0.4) is 0 Å². The summed E-state index contributed by atoms with van der Waals surface area (Å²) in [5.74, 6) is 0.00185. The number of hydrogen-bond acceptors (Lipinski definition) is 6. The summed E-state index contributed by atoms with van der Waals surface area (Å²) in [7, 11) is 0. The summed E-state index contributed by atoms with van der Waals surface area (Å²) >= 11 is 0. The molecule has 1 aliphatic carbocycles. The minimum Gasteiger partial charge on any atom is -0.489 e. The number of ether oxygens (including phenoxy) is 2. The minimum atomic E-state index is -0.589. The van der Waals surface area contributed by atoms with E-state index in [2.05, 4.69) is 10.2 Å². The van der Waals surface area contributed by atoms with Crippen LogP contribution in [0.1, 0.15) is 67.3 Å². The molecule has 4 heterocycles. The lowest BCUT2D eigenvalue weighted by Gasteiger charge is -2.42. The minimum absolute atomic E-state index is 0.145. The number of imide groups is 1. The van der Waals surface area contributed by atoms with Gasteiger partial charge in [0.2, 0.25) is 11.8 Å². The zero-order valence-corrected chi connectivity index (χ0v) is 19.6. The fourth-order valence-electron chi connectivity index (χ4n) is 6.63. The van der Waals surface area contributed by atoms with Gasteiger partial charge in [-0.2, -0.15) is 0 Å². The Morgan fingerprint density at radius 1 is 1.06 bits per heavy atom. The molecule has 3 saturated heterocycles. The lowest BCUT2D eigenvalue weighted by Crippen LogP contribution is -2.52. The fourth-order valence-corrected chi connectivity index (χ4v) is 6.63. The molecule has 1 aromatic carbocycles. The summed E-state index contributed by atoms with van der Waals surface area (Å²) in [6, 6.07) is 5.54. The Hall–Kier alpha value is -2.45. The van der Waals surface area contributed by atoms with Crippen LogP contribution in [0.15, 0.2) is 18.2 Å². The zero-order valence-electron chi connectivity index (χ0n) is 19.6. The molecule has 1 unspecified atom stereocenters. The van der Waals surface area contributed by atoms with Crippen LogP contribution in [0, 0.1) is 5.41 Å². The molecule has 0 radical (unpaired) electrons. The summed E-state index contributed by atoms with van der Waals surface area (Å²) in [6.45, 7) is 4.45. The average molecular weight is 468 g/mol. The van der Waals surface area contributed by atoms with E-state index in [4.69, 9.17) is 9.47 Å². The Bertz CT molecular complexity index is 994. The Balaban J connectivity index is 1.11. The maximum absolute atomic E-state index is 12.9. The van der Waals surface area contributed by atoms with Crippen molar-refractivity contribution < 1.29 is 23.9 Å². The molecular formula is C26H33N3O5. The Morgan fingerprint density at radius 3 is 2.68 bits per heavy atom. The molecular weight excluding hydrogens is 434 g/mol. The second-order valence-electron chi connectivity index (χ2n) is 10.7. The van der Waals surface area contributed by atoms with Crippen molar-refractivity contribution in [1.82, 2.24) is 15.1 Å². The first-order valence-corrected chi connectivity index (χ1v) is 12.8. The van der Waals surface area contributed by atoms with E-state index in [0.29, 0.717) is 30.0 Å². The van der Waals surface area contributed by atoms with Gasteiger partial charge in [-0.25, -0.2) is 0 Å². The van der Waals surface area contributed by atoms with Crippen LogP contribution in [0.2, 0.25) is 0 Å². The molecule has 8 nitrogen and oxygen atoms in total. The third-order valence-electron chi connectivity index (χ3n) is 8.71. The standard InChI is InChI=1S/C26H33N3O5/c30-23-7-6-21(24(31)27-23)29-15-17-14-18(4-5-19(17)25(29)32)34-22-3-1-2-20(22)28-11-8-26(9-12-28)10-13-33-16-26/h4-5,14,20-22H,1-3,6-13,15-16H2,(H,27,30,31)/t20-,21?,22-/m0/s1. The molecule has 1 aromatic rings. The number of hydrogen-bond donors (Lipinski definition) is 1. The van der Waals surface area contributed by atoms with Crippen molar-refractivity contribution in [3.8, 4) is 5.75 Å². The molecule has 0 bridgehead atoms. The van der Waals surface area contributed by atoms with Crippen LogP contribution >= 0.6 is 0 Å². The van der Waals surface area contributed by atoms with Gasteiger partial charge in [0, 0.05) is 31.2 Å². The lowest BCUT2D eigenvalue weighted by atomic mass is 9.77. The number of fused-ring (bicyclic) bond motifs is 1. The van der Waals surface area contributed by atoms with E-state index < -0.39 is 6.04 Å². The molecule has 34 heavy (non-hydrogen) atoms. The first-order chi connectivity index (χ1) is 16.5. The van der Waals surface area contributed by atoms with Crippen molar-refractivity contribution in [3.05, 3.63) is 29.3 Å². The van der Waals surface area contributed by atoms with Gasteiger partial charge in [0.15, 0.2) is 0 Å². The van der Waals surface area contributed by atoms with E-state index in [-0.39, 0.29) is 30.2 Å². The van der Waals surface area contributed by atoms with Crippen LogP contribution in [-0.2, 0) is 20.9 Å². The number of rotatable bonds is 4. The molecule has 8 heteroatoms. The maximum Gasteiger partial charge on any atom is 0.255 e. The third kappa shape index (κ3) is 3.90. The van der Waals surface area contributed by atoms with Crippen LogP contribution in [-0.4, -0.2) is 72.0 Å². The van der Waals surface area contributed by atoms with Gasteiger partial charge in [0.05, 0.1) is 6.61 Å². The summed E-state index contributed by atoms with van der Waals surface area (Å²) in [4.78, 5) is 40.9. The monoisotopic (exact) mass is 467 g/mol. The Kier molecular flexibility index (Phi) is 5.60. The number of nitrogens with zero attached hydrogens (tertiary/aromatic N) is 2. The fraction of sp³-hybridized carbons (Fsp3) is 0.654. The molecule has 1 N–H and O–H groups in total. The molecule has 3 amide bonds. The van der Waals surface area contributed by atoms with Crippen molar-refractivity contribution >= 4 is 17.7 Å². The van der Waals surface area contributed by atoms with Crippen LogP contribution in [0.5, 0.6) is 5.75 Å². The van der Waals surface area contributed by atoms with Crippen molar-refractivity contribution in [2.24, 2.45) is 5.41 Å². The normalized spacial score (nSPS) is 31.2. The second kappa shape index (κ2) is 8.64. The Morgan fingerprint density at radius 2 is 1.91 bits per heavy atom. The van der Waals surface area contributed by atoms with Gasteiger partial charge in [0.1, 0.15) is 17.9 Å². The number of piperidine rings is 2. The van der Waals surface area contributed by atoms with Gasteiger partial charge < -0.3 is 14.4 Å². The topological polar surface area (TPSA) is 88.2 Å². The second-order valence-corrected chi connectivity index (χ2v) is 10.7. The van der Waals surface area contributed by atoms with Gasteiger partial charge in [0.25, 0.3) is 5.91 Å². The molecule has 0 aromatic heterocycles. The van der Waals surface area contributed by atoms with E-state index in [1.54, 1.807) is 4.90 Å². The van der Waals surface area contributed by atoms with Crippen molar-refractivity contribution in [3.63, 3.8) is 0 Å². The molecule has 4 aliphatic heterocycles. The van der Waals surface area contributed by atoms with Crippen LogP contribution in [0.25, 0.3) is 0 Å². The number of carbonyl (C=O) groups is 3. The molecule has 3 atom stereocenters. The van der Waals surface area contributed by atoms with Crippen LogP contribution < -0.4 is 10.1 Å². The summed E-state index contributed by atoms with van der Waals surface area (Å²) in [6.07, 6.45) is 7.83. The van der Waals surface area contributed by atoms with Gasteiger partial charge in [-0.15, -0.1) is 0 Å². The van der Waals surface area contributed by atoms with E-state index in [0.717, 1.165) is 44.0 Å². The highest BCUT2D eigenvalue weighted by atomic mass is 16.5. The zero-order chi connectivity index (χ0) is 23.3. The molecule has 1 saturated carbocycles. The smallest absolute Gasteiger partial charge is 0.255 e. The highest BCUT2D eigenvalue weighted by Gasteiger charge is 2.43. The summed E-state index contributed by atoms with van der Waals surface area (Å²) < 4.78 is 12.2. The first-order valence-electron chi connectivity index (χ1n) is 12.8.